The van der Waals surface area contributed by atoms with Crippen LogP contribution in [0.5, 0.6) is 5.75 Å². The number of nitrogens with one attached hydrogen (secondary N) is 1. The number of anilines is 1. The molecule has 0 fully saturated rings. The first-order valence-electron chi connectivity index (χ1n) is 7.39. The highest BCUT2D eigenvalue weighted by Crippen LogP contribution is 2.32. The van der Waals surface area contributed by atoms with Gasteiger partial charge in [0.15, 0.2) is 0 Å². The van der Waals surface area contributed by atoms with Gasteiger partial charge in [-0.25, -0.2) is 0 Å². The summed E-state index contributed by atoms with van der Waals surface area (Å²) in [6.07, 6.45) is 0. The number of carbonyl (C=O) groups excluding carboxylic acids is 1. The molecule has 0 saturated carbocycles. The average molecular weight is 408 g/mol. The monoisotopic (exact) mass is 406 g/mol. The summed E-state index contributed by atoms with van der Waals surface area (Å²) in [4.78, 5) is 16.2. The van der Waals surface area contributed by atoms with Gasteiger partial charge >= 0.3 is 0 Å². The van der Waals surface area contributed by atoms with E-state index >= 15 is 0 Å². The molecule has 0 aliphatic rings. The van der Waals surface area contributed by atoms with Crippen molar-refractivity contribution >= 4 is 50.0 Å². The van der Waals surface area contributed by atoms with Gasteiger partial charge in [-0.05, 0) is 46.3 Å². The molecule has 0 spiro atoms. The number of nitrogens with zero attached hydrogens (tertiary/aromatic N) is 1. The largest absolute Gasteiger partial charge is 0.487 e. The number of H-pyrrole nitrogens is 1. The smallest absolute Gasteiger partial charge is 0.223 e. The molecule has 1 heterocycles. The molecule has 3 rings (SSSR count). The Morgan fingerprint density at radius 1 is 1.25 bits per heavy atom. The first-order chi connectivity index (χ1) is 11.5. The molecule has 0 atom stereocenters. The van der Waals surface area contributed by atoms with Crippen LogP contribution >= 0.6 is 27.5 Å². The van der Waals surface area contributed by atoms with Crippen LogP contribution in [0, 0.1) is 0 Å². The molecule has 3 aromatic rings. The summed E-state index contributed by atoms with van der Waals surface area (Å²) in [7, 11) is 1.74. The zero-order chi connectivity index (χ0) is 17.3. The van der Waals surface area contributed by atoms with Crippen molar-refractivity contribution in [3.05, 3.63) is 57.7 Å². The van der Waals surface area contributed by atoms with E-state index < -0.39 is 0 Å². The second-order valence-corrected chi connectivity index (χ2v) is 6.64. The number of hydrogen-bond donors (Lipinski definition) is 1. The van der Waals surface area contributed by atoms with Crippen molar-refractivity contribution in [1.29, 1.82) is 0 Å². The fourth-order valence-corrected chi connectivity index (χ4v) is 3.17. The lowest BCUT2D eigenvalue weighted by Crippen LogP contribution is -2.22. The molecule has 2 aromatic carbocycles. The number of halogens is 2. The predicted molar refractivity (Wildman–Crippen MR) is 101 cm³/mol. The first-order valence-corrected chi connectivity index (χ1v) is 8.56. The Bertz CT molecular complexity index is 890. The van der Waals surface area contributed by atoms with E-state index in [0.717, 1.165) is 32.5 Å². The molecule has 0 aliphatic carbocycles. The number of aromatic amines is 1. The van der Waals surface area contributed by atoms with Crippen molar-refractivity contribution in [1.82, 2.24) is 4.98 Å². The second-order valence-electron chi connectivity index (χ2n) is 5.44. The molecule has 124 valence electrons. The van der Waals surface area contributed by atoms with E-state index in [9.17, 15) is 4.79 Å². The number of amides is 1. The number of fused-ring (bicyclic) bond motifs is 1. The summed E-state index contributed by atoms with van der Waals surface area (Å²) in [5.74, 6) is 0.718. The molecule has 1 aromatic heterocycles. The normalized spacial score (nSPS) is 10.8. The highest BCUT2D eigenvalue weighted by Gasteiger charge is 2.12. The molecule has 0 unspecified atom stereocenters. The molecular weight excluding hydrogens is 392 g/mol. The predicted octanol–water partition coefficient (Wildman–Crippen LogP) is 5.15. The molecule has 0 aliphatic heterocycles. The second kappa shape index (κ2) is 6.87. The van der Waals surface area contributed by atoms with Crippen molar-refractivity contribution in [3.63, 3.8) is 0 Å². The van der Waals surface area contributed by atoms with Crippen LogP contribution in [0.3, 0.4) is 0 Å². The quantitative estimate of drug-likeness (QED) is 0.650. The number of hydrogen-bond acceptors (Lipinski definition) is 2. The molecule has 1 amide bonds. The summed E-state index contributed by atoms with van der Waals surface area (Å²) >= 11 is 9.80. The van der Waals surface area contributed by atoms with Crippen LogP contribution in [-0.4, -0.2) is 17.9 Å². The Kier molecular flexibility index (Phi) is 4.83. The fraction of sp³-hybridized carbons (Fsp3) is 0.167. The minimum atomic E-state index is -0.0115. The van der Waals surface area contributed by atoms with Gasteiger partial charge in [0.1, 0.15) is 12.4 Å². The topological polar surface area (TPSA) is 45.3 Å². The van der Waals surface area contributed by atoms with Gasteiger partial charge in [-0.3, -0.25) is 4.79 Å². The first kappa shape index (κ1) is 16.9. The number of para-hydroxylation sites is 1. The van der Waals surface area contributed by atoms with Crippen LogP contribution in [0.15, 0.2) is 46.9 Å². The lowest BCUT2D eigenvalue weighted by Gasteiger charge is -2.15. The molecule has 0 radical (unpaired) electrons. The van der Waals surface area contributed by atoms with Gasteiger partial charge in [0.25, 0.3) is 0 Å². The van der Waals surface area contributed by atoms with Gasteiger partial charge in [-0.15, -0.1) is 0 Å². The lowest BCUT2D eigenvalue weighted by molar-refractivity contribution is -0.116. The SMILES string of the molecule is CC(=O)N(C)c1ccc(OCc2[nH]c3c(Cl)cccc3c2Br)cc1. The minimum absolute atomic E-state index is 0.0115. The van der Waals surface area contributed by atoms with E-state index in [1.165, 1.54) is 6.92 Å². The molecule has 24 heavy (non-hydrogen) atoms. The van der Waals surface area contributed by atoms with E-state index in [1.54, 1.807) is 11.9 Å². The van der Waals surface area contributed by atoms with E-state index in [1.807, 2.05) is 42.5 Å². The lowest BCUT2D eigenvalue weighted by atomic mass is 10.2. The van der Waals surface area contributed by atoms with Crippen molar-refractivity contribution in [2.24, 2.45) is 0 Å². The number of aromatic nitrogens is 1. The molecule has 6 heteroatoms. The maximum atomic E-state index is 11.4. The summed E-state index contributed by atoms with van der Waals surface area (Å²) in [5.41, 5.74) is 2.64. The van der Waals surface area contributed by atoms with Gasteiger partial charge in [-0.2, -0.15) is 0 Å². The highest BCUT2D eigenvalue weighted by atomic mass is 79.9. The van der Waals surface area contributed by atoms with Gasteiger partial charge < -0.3 is 14.6 Å². The van der Waals surface area contributed by atoms with Gasteiger partial charge in [0.05, 0.1) is 16.2 Å². The van der Waals surface area contributed by atoms with E-state index in [0.29, 0.717) is 11.6 Å². The van der Waals surface area contributed by atoms with E-state index in [2.05, 4.69) is 20.9 Å². The maximum Gasteiger partial charge on any atom is 0.223 e. The van der Waals surface area contributed by atoms with Crippen molar-refractivity contribution < 1.29 is 9.53 Å². The Hall–Kier alpha value is -1.98. The summed E-state index contributed by atoms with van der Waals surface area (Å²) in [6, 6.07) is 13.2. The van der Waals surface area contributed by atoms with Crippen molar-refractivity contribution in [2.75, 3.05) is 11.9 Å². The van der Waals surface area contributed by atoms with Gasteiger partial charge in [-0.1, -0.05) is 23.7 Å². The van der Waals surface area contributed by atoms with Crippen LogP contribution in [-0.2, 0) is 11.4 Å². The van der Waals surface area contributed by atoms with E-state index in [-0.39, 0.29) is 5.91 Å². The third kappa shape index (κ3) is 3.28. The minimum Gasteiger partial charge on any atom is -0.487 e. The molecule has 0 bridgehead atoms. The van der Waals surface area contributed by atoms with Crippen LogP contribution in [0.1, 0.15) is 12.6 Å². The summed E-state index contributed by atoms with van der Waals surface area (Å²) < 4.78 is 6.78. The third-order valence-electron chi connectivity index (χ3n) is 3.87. The molecule has 0 saturated heterocycles. The number of ether oxygens (including phenoxy) is 1. The Labute approximate surface area is 153 Å². The Morgan fingerprint density at radius 3 is 2.58 bits per heavy atom. The van der Waals surface area contributed by atoms with Crippen molar-refractivity contribution in [2.45, 2.75) is 13.5 Å². The van der Waals surface area contributed by atoms with Gasteiger partial charge in [0.2, 0.25) is 5.91 Å². The van der Waals surface area contributed by atoms with Crippen LogP contribution in [0.25, 0.3) is 10.9 Å². The Morgan fingerprint density at radius 2 is 1.96 bits per heavy atom. The van der Waals surface area contributed by atoms with Crippen LogP contribution < -0.4 is 9.64 Å². The number of carbonyl (C=O) groups is 1. The summed E-state index contributed by atoms with van der Waals surface area (Å²) in [5, 5.41) is 1.70. The molecular formula is C18H16BrClN2O2. The Balaban J connectivity index is 1.75. The van der Waals surface area contributed by atoms with E-state index in [4.69, 9.17) is 16.3 Å². The third-order valence-corrected chi connectivity index (χ3v) is 5.09. The van der Waals surface area contributed by atoms with Crippen LogP contribution in [0.2, 0.25) is 5.02 Å². The van der Waals surface area contributed by atoms with Crippen molar-refractivity contribution in [3.8, 4) is 5.75 Å². The molecule has 1 N–H and O–H groups in total. The van der Waals surface area contributed by atoms with Crippen LogP contribution in [0.4, 0.5) is 5.69 Å². The highest BCUT2D eigenvalue weighted by molar-refractivity contribution is 9.10. The zero-order valence-corrected chi connectivity index (χ0v) is 15.6. The number of rotatable bonds is 4. The maximum absolute atomic E-state index is 11.4. The fourth-order valence-electron chi connectivity index (χ4n) is 2.41. The van der Waals surface area contributed by atoms with Gasteiger partial charge in [0, 0.05) is 29.5 Å². The summed E-state index contributed by atoms with van der Waals surface area (Å²) in [6.45, 7) is 1.91. The standard InChI is InChI=1S/C18H16BrClN2O2/c1-11(23)22(2)12-6-8-13(9-7-12)24-10-16-17(19)14-4-3-5-15(20)18(14)21-16/h3-9,21H,10H2,1-2H3. The number of benzene rings is 2. The average Bonchev–Trinajstić information content (AvgIpc) is 2.90. The molecule has 4 nitrogen and oxygen atoms in total. The zero-order valence-electron chi connectivity index (χ0n) is 13.3.